The highest BCUT2D eigenvalue weighted by molar-refractivity contribution is 9.10. The molecular weight excluding hydrogens is 396 g/mol. The van der Waals surface area contributed by atoms with Crippen molar-refractivity contribution in [2.75, 3.05) is 11.9 Å². The highest BCUT2D eigenvalue weighted by Gasteiger charge is 2.20. The second-order valence-corrected chi connectivity index (χ2v) is 7.69. The average Bonchev–Trinajstić information content (AvgIpc) is 2.55. The second-order valence-electron chi connectivity index (χ2n) is 6.78. The van der Waals surface area contributed by atoms with Crippen molar-refractivity contribution in [2.45, 2.75) is 33.2 Å². The van der Waals surface area contributed by atoms with Crippen LogP contribution < -0.4 is 15.4 Å². The van der Waals surface area contributed by atoms with Crippen LogP contribution in [-0.4, -0.2) is 24.0 Å². The molecule has 2 amide bonds. The van der Waals surface area contributed by atoms with Crippen molar-refractivity contribution in [3.8, 4) is 5.75 Å². The van der Waals surface area contributed by atoms with E-state index in [1.165, 1.54) is 0 Å². The molecule has 6 heteroatoms. The van der Waals surface area contributed by atoms with Crippen LogP contribution in [0.4, 0.5) is 5.69 Å². The first-order valence-electron chi connectivity index (χ1n) is 8.36. The Kier molecular flexibility index (Phi) is 6.42. The van der Waals surface area contributed by atoms with Crippen LogP contribution in [0.25, 0.3) is 0 Å². The number of rotatable bonds is 5. The minimum Gasteiger partial charge on any atom is -0.493 e. The Morgan fingerprint density at radius 2 is 1.73 bits per heavy atom. The third-order valence-corrected chi connectivity index (χ3v) is 3.89. The van der Waals surface area contributed by atoms with Gasteiger partial charge in [0.2, 0.25) is 0 Å². The minimum atomic E-state index is -0.374. The molecule has 2 aromatic rings. The first-order valence-corrected chi connectivity index (χ1v) is 9.16. The smallest absolute Gasteiger partial charge is 0.259 e. The number of nitrogens with one attached hydrogen (secondary N) is 2. The SMILES string of the molecule is CCOc1ccc(Br)cc1C(=O)Nc1ccccc1C(=O)NC(C)(C)C. The normalized spacial score (nSPS) is 11.0. The zero-order chi connectivity index (χ0) is 19.3. The Hall–Kier alpha value is -2.34. The third kappa shape index (κ3) is 5.33. The molecule has 0 saturated carbocycles. The standard InChI is InChI=1S/C20H23BrN2O3/c1-5-26-17-11-10-13(21)12-15(17)18(24)22-16-9-7-6-8-14(16)19(25)23-20(2,3)4/h6-12H,5H2,1-4H3,(H,22,24)(H,23,25). The number of amides is 2. The number of carbonyl (C=O) groups is 2. The monoisotopic (exact) mass is 418 g/mol. The van der Waals surface area contributed by atoms with Crippen LogP contribution in [0.3, 0.4) is 0 Å². The molecule has 138 valence electrons. The van der Waals surface area contributed by atoms with Crippen molar-refractivity contribution in [3.05, 3.63) is 58.1 Å². The van der Waals surface area contributed by atoms with Gasteiger partial charge in [-0.2, -0.15) is 0 Å². The summed E-state index contributed by atoms with van der Waals surface area (Å²) in [6, 6.07) is 12.2. The van der Waals surface area contributed by atoms with Gasteiger partial charge in [-0.3, -0.25) is 9.59 Å². The molecule has 0 bridgehead atoms. The third-order valence-electron chi connectivity index (χ3n) is 3.39. The number of carbonyl (C=O) groups excluding carboxylic acids is 2. The summed E-state index contributed by atoms with van der Waals surface area (Å²) < 4.78 is 6.30. The van der Waals surface area contributed by atoms with Gasteiger partial charge in [-0.15, -0.1) is 0 Å². The molecule has 0 aromatic heterocycles. The molecule has 0 aliphatic heterocycles. The molecule has 0 atom stereocenters. The lowest BCUT2D eigenvalue weighted by atomic mass is 10.1. The molecule has 0 unspecified atom stereocenters. The van der Waals surface area contributed by atoms with Crippen LogP contribution in [0.1, 0.15) is 48.4 Å². The first kappa shape index (κ1) is 20.0. The van der Waals surface area contributed by atoms with E-state index < -0.39 is 0 Å². The van der Waals surface area contributed by atoms with E-state index in [-0.39, 0.29) is 17.4 Å². The van der Waals surface area contributed by atoms with Crippen molar-refractivity contribution in [3.63, 3.8) is 0 Å². The minimum absolute atomic E-state index is 0.243. The number of halogens is 1. The molecule has 2 rings (SSSR count). The lowest BCUT2D eigenvalue weighted by Crippen LogP contribution is -2.40. The van der Waals surface area contributed by atoms with Gasteiger partial charge >= 0.3 is 0 Å². The molecule has 0 aliphatic rings. The number of hydrogen-bond donors (Lipinski definition) is 2. The maximum atomic E-state index is 12.8. The van der Waals surface area contributed by atoms with E-state index in [4.69, 9.17) is 4.74 Å². The first-order chi connectivity index (χ1) is 12.2. The van der Waals surface area contributed by atoms with Gasteiger partial charge < -0.3 is 15.4 Å². The summed E-state index contributed by atoms with van der Waals surface area (Å²) in [5.74, 6) is -0.0942. The zero-order valence-corrected chi connectivity index (χ0v) is 16.9. The molecule has 26 heavy (non-hydrogen) atoms. The number of anilines is 1. The average molecular weight is 419 g/mol. The van der Waals surface area contributed by atoms with Gasteiger partial charge in [0, 0.05) is 10.0 Å². The maximum absolute atomic E-state index is 12.8. The molecule has 0 aliphatic carbocycles. The van der Waals surface area contributed by atoms with E-state index >= 15 is 0 Å². The van der Waals surface area contributed by atoms with Gasteiger partial charge in [0.15, 0.2) is 0 Å². The number of benzene rings is 2. The fourth-order valence-electron chi connectivity index (χ4n) is 2.35. The highest BCUT2D eigenvalue weighted by Crippen LogP contribution is 2.25. The number of para-hydroxylation sites is 1. The largest absolute Gasteiger partial charge is 0.493 e. The van der Waals surface area contributed by atoms with Crippen molar-refractivity contribution in [1.29, 1.82) is 0 Å². The van der Waals surface area contributed by atoms with E-state index in [1.54, 1.807) is 36.4 Å². The number of ether oxygens (including phenoxy) is 1. The maximum Gasteiger partial charge on any atom is 0.259 e. The van der Waals surface area contributed by atoms with Gasteiger partial charge in [0.1, 0.15) is 5.75 Å². The van der Waals surface area contributed by atoms with Gasteiger partial charge in [-0.1, -0.05) is 28.1 Å². The van der Waals surface area contributed by atoms with Crippen LogP contribution >= 0.6 is 15.9 Å². The molecule has 2 N–H and O–H groups in total. The van der Waals surface area contributed by atoms with E-state index in [1.807, 2.05) is 33.8 Å². The topological polar surface area (TPSA) is 67.4 Å². The zero-order valence-electron chi connectivity index (χ0n) is 15.4. The summed E-state index contributed by atoms with van der Waals surface area (Å²) in [5.41, 5.74) is 0.873. The summed E-state index contributed by atoms with van der Waals surface area (Å²) in [7, 11) is 0. The van der Waals surface area contributed by atoms with E-state index in [0.29, 0.717) is 29.2 Å². The van der Waals surface area contributed by atoms with Crippen LogP contribution in [0, 0.1) is 0 Å². The Morgan fingerprint density at radius 1 is 1.04 bits per heavy atom. The lowest BCUT2D eigenvalue weighted by Gasteiger charge is -2.21. The quantitative estimate of drug-likeness (QED) is 0.743. The van der Waals surface area contributed by atoms with Crippen molar-refractivity contribution >= 4 is 33.4 Å². The summed E-state index contributed by atoms with van der Waals surface area (Å²) in [6.45, 7) is 8.02. The van der Waals surface area contributed by atoms with E-state index in [0.717, 1.165) is 4.47 Å². The summed E-state index contributed by atoms with van der Waals surface area (Å²) >= 11 is 3.37. The molecule has 0 fully saturated rings. The summed E-state index contributed by atoms with van der Waals surface area (Å²) in [6.07, 6.45) is 0. The second kappa shape index (κ2) is 8.36. The van der Waals surface area contributed by atoms with E-state index in [2.05, 4.69) is 26.6 Å². The fraction of sp³-hybridized carbons (Fsp3) is 0.300. The fourth-order valence-corrected chi connectivity index (χ4v) is 2.71. The van der Waals surface area contributed by atoms with Gasteiger partial charge in [0.25, 0.3) is 11.8 Å². The Morgan fingerprint density at radius 3 is 2.38 bits per heavy atom. The van der Waals surface area contributed by atoms with Crippen LogP contribution in [-0.2, 0) is 0 Å². The molecule has 0 radical (unpaired) electrons. The lowest BCUT2D eigenvalue weighted by molar-refractivity contribution is 0.0920. The highest BCUT2D eigenvalue weighted by atomic mass is 79.9. The van der Waals surface area contributed by atoms with Crippen LogP contribution in [0.5, 0.6) is 5.75 Å². The van der Waals surface area contributed by atoms with Crippen molar-refractivity contribution in [2.24, 2.45) is 0 Å². The Labute approximate surface area is 162 Å². The molecule has 2 aromatic carbocycles. The summed E-state index contributed by atoms with van der Waals surface area (Å²) in [4.78, 5) is 25.3. The van der Waals surface area contributed by atoms with Crippen molar-refractivity contribution < 1.29 is 14.3 Å². The van der Waals surface area contributed by atoms with Crippen molar-refractivity contribution in [1.82, 2.24) is 5.32 Å². The summed E-state index contributed by atoms with van der Waals surface area (Å²) in [5, 5.41) is 5.73. The predicted octanol–water partition coefficient (Wildman–Crippen LogP) is 4.63. The Balaban J connectivity index is 2.31. The van der Waals surface area contributed by atoms with Gasteiger partial charge in [-0.05, 0) is 58.0 Å². The molecule has 0 saturated heterocycles. The Bertz CT molecular complexity index is 813. The van der Waals surface area contributed by atoms with Gasteiger partial charge in [0.05, 0.1) is 23.4 Å². The molecule has 0 spiro atoms. The van der Waals surface area contributed by atoms with Crippen LogP contribution in [0.15, 0.2) is 46.9 Å². The van der Waals surface area contributed by atoms with E-state index in [9.17, 15) is 9.59 Å². The molecule has 0 heterocycles. The molecule has 5 nitrogen and oxygen atoms in total. The predicted molar refractivity (Wildman–Crippen MR) is 107 cm³/mol. The number of hydrogen-bond acceptors (Lipinski definition) is 3. The van der Waals surface area contributed by atoms with Gasteiger partial charge in [-0.25, -0.2) is 0 Å². The molecular formula is C20H23BrN2O3. The van der Waals surface area contributed by atoms with Crippen LogP contribution in [0.2, 0.25) is 0 Å².